The van der Waals surface area contributed by atoms with Gasteiger partial charge in [0.25, 0.3) is 0 Å². The minimum Gasteiger partial charge on any atom is -0.479 e. The van der Waals surface area contributed by atoms with Gasteiger partial charge in [-0.3, -0.25) is 4.79 Å². The first-order chi connectivity index (χ1) is 16.8. The van der Waals surface area contributed by atoms with E-state index in [4.69, 9.17) is 14.6 Å². The van der Waals surface area contributed by atoms with Gasteiger partial charge >= 0.3 is 12.1 Å². The van der Waals surface area contributed by atoms with E-state index in [1.807, 2.05) is 36.4 Å². The number of methoxy groups -OCH3 is 1. The van der Waals surface area contributed by atoms with Crippen LogP contribution in [0.15, 0.2) is 48.5 Å². The molecule has 1 aliphatic heterocycles. The van der Waals surface area contributed by atoms with Crippen molar-refractivity contribution in [3.05, 3.63) is 59.7 Å². The molecule has 0 spiro atoms. The smallest absolute Gasteiger partial charge is 0.407 e. The number of alkyl carbamates (subject to hydrolysis) is 1. The number of rotatable bonds is 8. The molecule has 3 N–H and O–H groups in total. The van der Waals surface area contributed by atoms with E-state index >= 15 is 0 Å². The number of carbonyl (C=O) groups excluding carboxylic acids is 2. The zero-order valence-electron chi connectivity index (χ0n) is 19.6. The van der Waals surface area contributed by atoms with E-state index in [1.54, 1.807) is 0 Å². The van der Waals surface area contributed by atoms with Crippen LogP contribution in [0.5, 0.6) is 0 Å². The van der Waals surface area contributed by atoms with Crippen LogP contribution in [-0.2, 0) is 19.1 Å². The van der Waals surface area contributed by atoms with Crippen LogP contribution < -0.4 is 5.32 Å². The van der Waals surface area contributed by atoms with Gasteiger partial charge in [-0.25, -0.2) is 9.59 Å². The number of carboxylic acid groups (broad SMARTS) is 1. The maximum absolute atomic E-state index is 12.6. The molecule has 1 atom stereocenters. The Hall–Kier alpha value is -3.43. The minimum absolute atomic E-state index is 0.0195. The number of nitrogens with one attached hydrogen (secondary N) is 1. The maximum Gasteiger partial charge on any atom is 0.407 e. The zero-order chi connectivity index (χ0) is 25.0. The summed E-state index contributed by atoms with van der Waals surface area (Å²) in [6, 6.07) is 16.2. The standard InChI is InChI=1S/C26H30N2O7/c1-34-17(14-23(29)28-12-10-26(33,11-13-28)24(30)31)15-27-25(32)35-16-22-20-8-4-2-6-18(20)19-7-3-5-9-21(19)22/h2-9,17,22,33H,10-16H2,1H3,(H,27,32)(H,30,31). The highest BCUT2D eigenvalue weighted by Crippen LogP contribution is 2.44. The van der Waals surface area contributed by atoms with Crippen molar-refractivity contribution in [1.82, 2.24) is 10.2 Å². The molecule has 186 valence electrons. The maximum atomic E-state index is 12.6. The summed E-state index contributed by atoms with van der Waals surface area (Å²) in [6.45, 7) is 0.582. The molecule has 4 rings (SSSR count). The molecule has 2 amide bonds. The van der Waals surface area contributed by atoms with Crippen molar-refractivity contribution < 1.29 is 34.1 Å². The number of ether oxygens (including phenoxy) is 2. The first-order valence-electron chi connectivity index (χ1n) is 11.7. The lowest BCUT2D eigenvalue weighted by molar-refractivity contribution is -0.165. The van der Waals surface area contributed by atoms with Crippen LogP contribution in [0, 0.1) is 0 Å². The molecule has 1 aliphatic carbocycles. The van der Waals surface area contributed by atoms with Gasteiger partial charge in [-0.15, -0.1) is 0 Å². The second-order valence-corrected chi connectivity index (χ2v) is 8.99. The molecule has 2 aromatic rings. The Bertz CT molecular complexity index is 1050. The number of hydrogen-bond donors (Lipinski definition) is 3. The van der Waals surface area contributed by atoms with Gasteiger partial charge in [-0.1, -0.05) is 48.5 Å². The van der Waals surface area contributed by atoms with Crippen LogP contribution in [0.1, 0.15) is 36.3 Å². The summed E-state index contributed by atoms with van der Waals surface area (Å²) < 4.78 is 10.9. The summed E-state index contributed by atoms with van der Waals surface area (Å²) in [6.07, 6.45) is -1.19. The van der Waals surface area contributed by atoms with E-state index in [-0.39, 0.29) is 57.3 Å². The highest BCUT2D eigenvalue weighted by atomic mass is 16.5. The number of aliphatic carboxylic acids is 1. The normalized spacial score (nSPS) is 17.3. The second-order valence-electron chi connectivity index (χ2n) is 8.99. The molecule has 1 heterocycles. The molecule has 2 aliphatic rings. The molecule has 2 aromatic carbocycles. The van der Waals surface area contributed by atoms with Crippen LogP contribution in [-0.4, -0.2) is 78.1 Å². The largest absolute Gasteiger partial charge is 0.479 e. The van der Waals surface area contributed by atoms with Gasteiger partial charge in [0.05, 0.1) is 12.5 Å². The van der Waals surface area contributed by atoms with Crippen molar-refractivity contribution in [2.45, 2.75) is 36.9 Å². The lowest BCUT2D eigenvalue weighted by Crippen LogP contribution is -2.51. The lowest BCUT2D eigenvalue weighted by atomic mass is 9.91. The van der Waals surface area contributed by atoms with Crippen molar-refractivity contribution in [3.8, 4) is 11.1 Å². The highest BCUT2D eigenvalue weighted by Gasteiger charge is 2.40. The van der Waals surface area contributed by atoms with Crippen LogP contribution in [0.3, 0.4) is 0 Å². The molecule has 1 saturated heterocycles. The molecule has 0 bridgehead atoms. The number of likely N-dealkylation sites (tertiary alicyclic amines) is 1. The molecule has 1 fully saturated rings. The summed E-state index contributed by atoms with van der Waals surface area (Å²) in [7, 11) is 1.46. The first-order valence-corrected chi connectivity index (χ1v) is 11.7. The third kappa shape index (κ3) is 5.31. The predicted molar refractivity (Wildman–Crippen MR) is 127 cm³/mol. The van der Waals surface area contributed by atoms with Crippen molar-refractivity contribution in [3.63, 3.8) is 0 Å². The zero-order valence-corrected chi connectivity index (χ0v) is 19.6. The minimum atomic E-state index is -1.79. The molecule has 35 heavy (non-hydrogen) atoms. The van der Waals surface area contributed by atoms with Crippen LogP contribution in [0.4, 0.5) is 4.79 Å². The third-order valence-electron chi connectivity index (χ3n) is 6.89. The summed E-state index contributed by atoms with van der Waals surface area (Å²) >= 11 is 0. The molecular weight excluding hydrogens is 452 g/mol. The fourth-order valence-electron chi connectivity index (χ4n) is 4.75. The number of hydrogen-bond acceptors (Lipinski definition) is 6. The fourth-order valence-corrected chi connectivity index (χ4v) is 4.75. The lowest BCUT2D eigenvalue weighted by Gasteiger charge is -2.35. The van der Waals surface area contributed by atoms with E-state index < -0.39 is 23.8 Å². The van der Waals surface area contributed by atoms with Crippen molar-refractivity contribution >= 4 is 18.0 Å². The van der Waals surface area contributed by atoms with E-state index in [0.29, 0.717) is 0 Å². The Morgan fingerprint density at radius 3 is 2.17 bits per heavy atom. The van der Waals surface area contributed by atoms with Gasteiger partial charge in [0, 0.05) is 45.5 Å². The van der Waals surface area contributed by atoms with Crippen LogP contribution in [0.2, 0.25) is 0 Å². The summed E-state index contributed by atoms with van der Waals surface area (Å²) in [5, 5.41) is 21.8. The monoisotopic (exact) mass is 482 g/mol. The van der Waals surface area contributed by atoms with Crippen molar-refractivity contribution in [2.75, 3.05) is 33.4 Å². The second kappa shape index (κ2) is 10.5. The molecule has 9 nitrogen and oxygen atoms in total. The number of carboxylic acids is 1. The summed E-state index contributed by atoms with van der Waals surface area (Å²) in [5.74, 6) is -1.54. The molecule has 0 radical (unpaired) electrons. The van der Waals surface area contributed by atoms with Crippen molar-refractivity contribution in [2.24, 2.45) is 0 Å². The van der Waals surface area contributed by atoms with Gasteiger partial charge in [-0.05, 0) is 22.3 Å². The van der Waals surface area contributed by atoms with E-state index in [9.17, 15) is 19.5 Å². The number of aliphatic hydroxyl groups is 1. The van der Waals surface area contributed by atoms with Gasteiger partial charge in [0.15, 0.2) is 5.60 Å². The molecule has 0 saturated carbocycles. The number of fused-ring (bicyclic) bond motifs is 3. The molecule has 1 unspecified atom stereocenters. The third-order valence-corrected chi connectivity index (χ3v) is 6.89. The van der Waals surface area contributed by atoms with E-state index in [2.05, 4.69) is 17.4 Å². The first kappa shape index (κ1) is 24.7. The number of piperidine rings is 1. The molecular formula is C26H30N2O7. The van der Waals surface area contributed by atoms with Crippen molar-refractivity contribution in [1.29, 1.82) is 0 Å². The van der Waals surface area contributed by atoms with E-state index in [1.165, 1.54) is 12.0 Å². The Balaban J connectivity index is 1.25. The Labute approximate surface area is 203 Å². The average Bonchev–Trinajstić information content (AvgIpc) is 3.19. The number of carbonyl (C=O) groups is 3. The number of amides is 2. The summed E-state index contributed by atoms with van der Waals surface area (Å²) in [4.78, 5) is 37.7. The number of benzene rings is 2. The van der Waals surface area contributed by atoms with E-state index in [0.717, 1.165) is 22.3 Å². The van der Waals surface area contributed by atoms with Gasteiger partial charge in [0.2, 0.25) is 5.91 Å². The van der Waals surface area contributed by atoms with Crippen LogP contribution >= 0.6 is 0 Å². The van der Waals surface area contributed by atoms with Gasteiger partial charge in [-0.2, -0.15) is 0 Å². The van der Waals surface area contributed by atoms with Gasteiger partial charge in [0.1, 0.15) is 6.61 Å². The topological polar surface area (TPSA) is 125 Å². The molecule has 0 aromatic heterocycles. The average molecular weight is 483 g/mol. The van der Waals surface area contributed by atoms with Crippen LogP contribution in [0.25, 0.3) is 11.1 Å². The Morgan fingerprint density at radius 2 is 1.63 bits per heavy atom. The predicted octanol–water partition coefficient (Wildman–Crippen LogP) is 2.37. The number of nitrogens with zero attached hydrogens (tertiary/aromatic N) is 1. The van der Waals surface area contributed by atoms with Gasteiger partial charge < -0.3 is 29.9 Å². The SMILES string of the molecule is COC(CNC(=O)OCC1c2ccccc2-c2ccccc21)CC(=O)N1CCC(O)(C(=O)O)CC1. The fraction of sp³-hybridized carbons (Fsp3) is 0.423. The molecule has 9 heteroatoms. The quantitative estimate of drug-likeness (QED) is 0.527. The Kier molecular flexibility index (Phi) is 7.37. The summed E-state index contributed by atoms with van der Waals surface area (Å²) in [5.41, 5.74) is 2.75. The Morgan fingerprint density at radius 1 is 1.06 bits per heavy atom. The highest BCUT2D eigenvalue weighted by molar-refractivity contribution is 5.80.